The number of methoxy groups -OCH3 is 1. The van der Waals surface area contributed by atoms with Crippen molar-refractivity contribution in [3.8, 4) is 0 Å². The van der Waals surface area contributed by atoms with Crippen molar-refractivity contribution in [2.24, 2.45) is 0 Å². The van der Waals surface area contributed by atoms with Crippen LogP contribution in [-0.2, 0) is 11.2 Å². The van der Waals surface area contributed by atoms with Gasteiger partial charge in [0, 0.05) is 13.7 Å². The summed E-state index contributed by atoms with van der Waals surface area (Å²) in [5.74, 6) is -1.03. The van der Waals surface area contributed by atoms with Gasteiger partial charge in [0.15, 0.2) is 5.69 Å². The standard InChI is InChI=1S/C10H17N3O3/c1-4-8-9(10(14)15)11-12-13(8)7(2)5-6-16-3/h7H,4-6H2,1-3H3,(H,14,15). The molecule has 6 nitrogen and oxygen atoms in total. The molecule has 0 radical (unpaired) electrons. The minimum atomic E-state index is -1.03. The fraction of sp³-hybridized carbons (Fsp3) is 0.700. The summed E-state index contributed by atoms with van der Waals surface area (Å²) in [6, 6.07) is 0.0931. The molecule has 1 unspecified atom stereocenters. The molecule has 1 atom stereocenters. The van der Waals surface area contributed by atoms with E-state index in [-0.39, 0.29) is 11.7 Å². The third-order valence-corrected chi connectivity index (χ3v) is 2.49. The summed E-state index contributed by atoms with van der Waals surface area (Å²) in [5.41, 5.74) is 0.711. The predicted octanol–water partition coefficient (Wildman–Crippen LogP) is 1.14. The number of carboxylic acid groups (broad SMARTS) is 1. The molecule has 0 bridgehead atoms. The van der Waals surface area contributed by atoms with E-state index in [9.17, 15) is 4.79 Å². The first kappa shape index (κ1) is 12.6. The third-order valence-electron chi connectivity index (χ3n) is 2.49. The van der Waals surface area contributed by atoms with Gasteiger partial charge in [-0.05, 0) is 19.8 Å². The van der Waals surface area contributed by atoms with Crippen LogP contribution in [0.1, 0.15) is 42.5 Å². The summed E-state index contributed by atoms with van der Waals surface area (Å²) in [6.45, 7) is 4.48. The SMILES string of the molecule is CCc1c(C(=O)O)nnn1C(C)CCOC. The molecule has 0 amide bonds. The van der Waals surface area contributed by atoms with Crippen molar-refractivity contribution in [2.75, 3.05) is 13.7 Å². The van der Waals surface area contributed by atoms with Crippen LogP contribution in [0.5, 0.6) is 0 Å². The number of carbonyl (C=O) groups is 1. The van der Waals surface area contributed by atoms with Crippen molar-refractivity contribution in [3.05, 3.63) is 11.4 Å². The lowest BCUT2D eigenvalue weighted by atomic mass is 10.2. The molecule has 1 aromatic rings. The Bertz CT molecular complexity index is 362. The predicted molar refractivity (Wildman–Crippen MR) is 57.6 cm³/mol. The minimum absolute atomic E-state index is 0.0479. The van der Waals surface area contributed by atoms with Crippen LogP contribution in [0.25, 0.3) is 0 Å². The molecule has 0 saturated heterocycles. The van der Waals surface area contributed by atoms with Gasteiger partial charge in [-0.3, -0.25) is 0 Å². The monoisotopic (exact) mass is 227 g/mol. The maximum absolute atomic E-state index is 10.9. The number of carboxylic acids is 1. The van der Waals surface area contributed by atoms with Crippen molar-refractivity contribution >= 4 is 5.97 Å². The Hall–Kier alpha value is -1.43. The topological polar surface area (TPSA) is 77.2 Å². The first-order valence-corrected chi connectivity index (χ1v) is 5.28. The number of aromatic nitrogens is 3. The summed E-state index contributed by atoms with van der Waals surface area (Å²) in [4.78, 5) is 10.9. The van der Waals surface area contributed by atoms with Crippen LogP contribution in [0.4, 0.5) is 0 Å². The number of hydrogen-bond donors (Lipinski definition) is 1. The van der Waals surface area contributed by atoms with Gasteiger partial charge in [-0.15, -0.1) is 5.10 Å². The van der Waals surface area contributed by atoms with Crippen molar-refractivity contribution < 1.29 is 14.6 Å². The van der Waals surface area contributed by atoms with Crippen LogP contribution in [0.3, 0.4) is 0 Å². The summed E-state index contributed by atoms with van der Waals surface area (Å²) < 4.78 is 6.65. The van der Waals surface area contributed by atoms with Crippen LogP contribution in [0, 0.1) is 0 Å². The molecule has 1 aromatic heterocycles. The highest BCUT2D eigenvalue weighted by Crippen LogP contribution is 2.15. The molecule has 16 heavy (non-hydrogen) atoms. The van der Waals surface area contributed by atoms with Gasteiger partial charge in [-0.2, -0.15) is 0 Å². The van der Waals surface area contributed by atoms with Gasteiger partial charge in [0.1, 0.15) is 0 Å². The first-order valence-electron chi connectivity index (χ1n) is 5.28. The van der Waals surface area contributed by atoms with Gasteiger partial charge in [0.05, 0.1) is 11.7 Å². The fourth-order valence-electron chi connectivity index (χ4n) is 1.57. The lowest BCUT2D eigenvalue weighted by molar-refractivity contribution is 0.0689. The third kappa shape index (κ3) is 2.57. The van der Waals surface area contributed by atoms with Gasteiger partial charge >= 0.3 is 5.97 Å². The van der Waals surface area contributed by atoms with Crippen LogP contribution in [-0.4, -0.2) is 39.8 Å². The van der Waals surface area contributed by atoms with Crippen molar-refractivity contribution in [1.82, 2.24) is 15.0 Å². The van der Waals surface area contributed by atoms with Crippen molar-refractivity contribution in [2.45, 2.75) is 32.7 Å². The molecule has 0 aromatic carbocycles. The average Bonchev–Trinajstić information content (AvgIpc) is 2.69. The molecular formula is C10H17N3O3. The zero-order chi connectivity index (χ0) is 12.1. The normalized spacial score (nSPS) is 12.7. The Morgan fingerprint density at radius 3 is 2.81 bits per heavy atom. The highest BCUT2D eigenvalue weighted by atomic mass is 16.5. The van der Waals surface area contributed by atoms with E-state index in [1.807, 2.05) is 13.8 Å². The Labute approximate surface area is 94.2 Å². The van der Waals surface area contributed by atoms with Gasteiger partial charge in [0.2, 0.25) is 0 Å². The second-order valence-corrected chi connectivity index (χ2v) is 3.62. The van der Waals surface area contributed by atoms with E-state index in [1.54, 1.807) is 11.8 Å². The molecule has 0 spiro atoms. The largest absolute Gasteiger partial charge is 0.476 e. The Kier molecular flexibility index (Phi) is 4.42. The first-order chi connectivity index (χ1) is 7.61. The minimum Gasteiger partial charge on any atom is -0.476 e. The molecule has 0 aliphatic heterocycles. The van der Waals surface area contributed by atoms with E-state index >= 15 is 0 Å². The van der Waals surface area contributed by atoms with Crippen molar-refractivity contribution in [3.63, 3.8) is 0 Å². The van der Waals surface area contributed by atoms with Gasteiger partial charge in [-0.25, -0.2) is 9.48 Å². The number of nitrogens with zero attached hydrogens (tertiary/aromatic N) is 3. The smallest absolute Gasteiger partial charge is 0.358 e. The summed E-state index contributed by atoms with van der Waals surface area (Å²) in [7, 11) is 1.64. The second kappa shape index (κ2) is 5.60. The molecule has 0 fully saturated rings. The second-order valence-electron chi connectivity index (χ2n) is 3.62. The fourth-order valence-corrected chi connectivity index (χ4v) is 1.57. The zero-order valence-corrected chi connectivity index (χ0v) is 9.80. The van der Waals surface area contributed by atoms with Crippen LogP contribution in [0.2, 0.25) is 0 Å². The van der Waals surface area contributed by atoms with E-state index in [1.165, 1.54) is 0 Å². The maximum Gasteiger partial charge on any atom is 0.358 e. The summed E-state index contributed by atoms with van der Waals surface area (Å²) >= 11 is 0. The lowest BCUT2D eigenvalue weighted by Gasteiger charge is -2.13. The number of aromatic carboxylic acids is 1. The zero-order valence-electron chi connectivity index (χ0n) is 9.80. The van der Waals surface area contributed by atoms with E-state index in [2.05, 4.69) is 10.3 Å². The van der Waals surface area contributed by atoms with E-state index in [0.29, 0.717) is 18.7 Å². The summed E-state index contributed by atoms with van der Waals surface area (Å²) in [5, 5.41) is 16.5. The lowest BCUT2D eigenvalue weighted by Crippen LogP contribution is -2.13. The molecule has 6 heteroatoms. The molecule has 0 aliphatic carbocycles. The Balaban J connectivity index is 2.91. The molecular weight excluding hydrogens is 210 g/mol. The molecule has 1 rings (SSSR count). The quantitative estimate of drug-likeness (QED) is 0.788. The van der Waals surface area contributed by atoms with Crippen LogP contribution in [0.15, 0.2) is 0 Å². The number of hydrogen-bond acceptors (Lipinski definition) is 4. The molecule has 90 valence electrons. The number of rotatable bonds is 6. The Morgan fingerprint density at radius 2 is 2.31 bits per heavy atom. The van der Waals surface area contributed by atoms with E-state index < -0.39 is 5.97 Å². The van der Waals surface area contributed by atoms with E-state index in [0.717, 1.165) is 6.42 Å². The van der Waals surface area contributed by atoms with E-state index in [4.69, 9.17) is 9.84 Å². The molecule has 0 saturated carbocycles. The van der Waals surface area contributed by atoms with Gasteiger partial charge < -0.3 is 9.84 Å². The molecule has 1 N–H and O–H groups in total. The number of ether oxygens (including phenoxy) is 1. The van der Waals surface area contributed by atoms with Crippen molar-refractivity contribution in [1.29, 1.82) is 0 Å². The average molecular weight is 227 g/mol. The molecule has 1 heterocycles. The van der Waals surface area contributed by atoms with Gasteiger partial charge in [0.25, 0.3) is 0 Å². The summed E-state index contributed by atoms with van der Waals surface area (Å²) in [6.07, 6.45) is 1.39. The highest BCUT2D eigenvalue weighted by molar-refractivity contribution is 5.86. The molecule has 0 aliphatic rings. The maximum atomic E-state index is 10.9. The van der Waals surface area contributed by atoms with Crippen LogP contribution < -0.4 is 0 Å². The Morgan fingerprint density at radius 1 is 1.62 bits per heavy atom. The highest BCUT2D eigenvalue weighted by Gasteiger charge is 2.20. The van der Waals surface area contributed by atoms with Gasteiger partial charge in [-0.1, -0.05) is 12.1 Å². The van der Waals surface area contributed by atoms with Crippen LogP contribution >= 0.6 is 0 Å².